The summed E-state index contributed by atoms with van der Waals surface area (Å²) < 4.78 is 29.1. The van der Waals surface area contributed by atoms with Crippen LogP contribution in [0.25, 0.3) is 0 Å². The standard InChI is InChI=1S/C19H24N4O4S/c1-28(25,26)18-14-16(4-8-21-18)17(5-9-23-10-12-27-13-11-23)22-19(24)15-2-6-20-7-3-15/h2-4,6-8,14,17H,5,9-13H2,1H3,(H,22,24)/t17-/m0/s1. The number of pyridine rings is 2. The Bertz CT molecular complexity index is 899. The van der Waals surface area contributed by atoms with Crippen molar-refractivity contribution in [1.82, 2.24) is 20.2 Å². The number of hydrogen-bond acceptors (Lipinski definition) is 7. The average molecular weight is 404 g/mol. The second-order valence-electron chi connectivity index (χ2n) is 6.70. The number of sulfone groups is 1. The van der Waals surface area contributed by atoms with Crippen molar-refractivity contribution in [2.75, 3.05) is 39.1 Å². The molecule has 1 atom stereocenters. The van der Waals surface area contributed by atoms with Crippen molar-refractivity contribution in [3.8, 4) is 0 Å². The first-order valence-corrected chi connectivity index (χ1v) is 11.0. The van der Waals surface area contributed by atoms with E-state index in [2.05, 4.69) is 20.2 Å². The predicted octanol–water partition coefficient (Wildman–Crippen LogP) is 1.07. The average Bonchev–Trinajstić information content (AvgIpc) is 2.72. The molecule has 1 amide bonds. The molecule has 0 saturated carbocycles. The van der Waals surface area contributed by atoms with E-state index in [9.17, 15) is 13.2 Å². The molecule has 1 aliphatic heterocycles. The van der Waals surface area contributed by atoms with E-state index in [0.29, 0.717) is 30.8 Å². The lowest BCUT2D eigenvalue weighted by atomic mass is 10.0. The van der Waals surface area contributed by atoms with Crippen LogP contribution in [0.4, 0.5) is 0 Å². The molecule has 0 bridgehead atoms. The van der Waals surface area contributed by atoms with Gasteiger partial charge in [0.2, 0.25) is 0 Å². The van der Waals surface area contributed by atoms with Gasteiger partial charge in [-0.15, -0.1) is 0 Å². The molecule has 3 heterocycles. The number of nitrogens with one attached hydrogen (secondary N) is 1. The third-order valence-electron chi connectivity index (χ3n) is 4.63. The van der Waals surface area contributed by atoms with Gasteiger partial charge in [-0.25, -0.2) is 13.4 Å². The number of carbonyl (C=O) groups is 1. The topological polar surface area (TPSA) is 101 Å². The van der Waals surface area contributed by atoms with Gasteiger partial charge in [-0.2, -0.15) is 0 Å². The molecule has 1 fully saturated rings. The third-order valence-corrected chi connectivity index (χ3v) is 5.61. The number of morpholine rings is 1. The summed E-state index contributed by atoms with van der Waals surface area (Å²) in [5.41, 5.74) is 1.22. The Morgan fingerprint density at radius 2 is 1.93 bits per heavy atom. The highest BCUT2D eigenvalue weighted by molar-refractivity contribution is 7.90. The Morgan fingerprint density at radius 1 is 1.21 bits per heavy atom. The van der Waals surface area contributed by atoms with Crippen LogP contribution in [0.2, 0.25) is 0 Å². The molecule has 0 unspecified atom stereocenters. The van der Waals surface area contributed by atoms with Gasteiger partial charge in [-0.05, 0) is 36.2 Å². The van der Waals surface area contributed by atoms with E-state index >= 15 is 0 Å². The molecule has 150 valence electrons. The molecule has 0 radical (unpaired) electrons. The van der Waals surface area contributed by atoms with Crippen LogP contribution >= 0.6 is 0 Å². The highest BCUT2D eigenvalue weighted by atomic mass is 32.2. The SMILES string of the molecule is CS(=O)(=O)c1cc([C@H](CCN2CCOCC2)NC(=O)c2ccncc2)ccn1. The molecule has 28 heavy (non-hydrogen) atoms. The van der Waals surface area contributed by atoms with Crippen LogP contribution in [-0.4, -0.2) is 68.3 Å². The highest BCUT2D eigenvalue weighted by Crippen LogP contribution is 2.20. The monoisotopic (exact) mass is 404 g/mol. The van der Waals surface area contributed by atoms with E-state index in [1.807, 2.05) is 0 Å². The first-order chi connectivity index (χ1) is 13.4. The molecule has 9 heteroatoms. The normalized spacial score (nSPS) is 16.5. The Morgan fingerprint density at radius 3 is 2.61 bits per heavy atom. The molecule has 8 nitrogen and oxygen atoms in total. The van der Waals surface area contributed by atoms with E-state index in [1.54, 1.807) is 30.6 Å². The van der Waals surface area contributed by atoms with E-state index < -0.39 is 9.84 Å². The molecule has 1 saturated heterocycles. The zero-order valence-electron chi connectivity index (χ0n) is 15.7. The number of nitrogens with zero attached hydrogens (tertiary/aromatic N) is 3. The quantitative estimate of drug-likeness (QED) is 0.737. The molecular formula is C19H24N4O4S. The van der Waals surface area contributed by atoms with Crippen molar-refractivity contribution >= 4 is 15.7 Å². The zero-order valence-corrected chi connectivity index (χ0v) is 16.6. The largest absolute Gasteiger partial charge is 0.379 e. The third kappa shape index (κ3) is 5.57. The fourth-order valence-corrected chi connectivity index (χ4v) is 3.65. The molecule has 1 aliphatic rings. The maximum atomic E-state index is 12.7. The van der Waals surface area contributed by atoms with Gasteiger partial charge in [0.05, 0.1) is 19.3 Å². The summed E-state index contributed by atoms with van der Waals surface area (Å²) in [4.78, 5) is 22.8. The maximum absolute atomic E-state index is 12.7. The molecular weight excluding hydrogens is 380 g/mol. The maximum Gasteiger partial charge on any atom is 0.251 e. The summed E-state index contributed by atoms with van der Waals surface area (Å²) >= 11 is 0. The van der Waals surface area contributed by atoms with Gasteiger partial charge in [0, 0.05) is 50.0 Å². The Hall–Kier alpha value is -2.36. The Labute approximate surface area is 164 Å². The summed E-state index contributed by atoms with van der Waals surface area (Å²) in [5.74, 6) is -0.230. The van der Waals surface area contributed by atoms with Crippen molar-refractivity contribution in [1.29, 1.82) is 0 Å². The van der Waals surface area contributed by atoms with Gasteiger partial charge < -0.3 is 10.1 Å². The van der Waals surface area contributed by atoms with E-state index in [1.165, 1.54) is 12.3 Å². The van der Waals surface area contributed by atoms with Crippen molar-refractivity contribution in [3.05, 3.63) is 54.0 Å². The van der Waals surface area contributed by atoms with Crippen LogP contribution in [0.3, 0.4) is 0 Å². The number of aromatic nitrogens is 2. The Kier molecular flexibility index (Phi) is 6.71. The molecule has 0 spiro atoms. The van der Waals surface area contributed by atoms with Gasteiger partial charge >= 0.3 is 0 Å². The van der Waals surface area contributed by atoms with E-state index in [0.717, 1.165) is 25.9 Å². The lowest BCUT2D eigenvalue weighted by Crippen LogP contribution is -2.39. The van der Waals surface area contributed by atoms with Gasteiger partial charge in [-0.3, -0.25) is 14.7 Å². The van der Waals surface area contributed by atoms with Gasteiger partial charge in [0.1, 0.15) is 0 Å². The minimum absolute atomic E-state index is 0.000433. The number of ether oxygens (including phenoxy) is 1. The summed E-state index contributed by atoms with van der Waals surface area (Å²) in [6, 6.07) is 6.22. The smallest absolute Gasteiger partial charge is 0.251 e. The summed E-state index contributed by atoms with van der Waals surface area (Å²) in [6.45, 7) is 3.84. The summed E-state index contributed by atoms with van der Waals surface area (Å²) in [5, 5.41) is 3.02. The second-order valence-corrected chi connectivity index (χ2v) is 8.67. The number of hydrogen-bond donors (Lipinski definition) is 1. The van der Waals surface area contributed by atoms with Crippen molar-refractivity contribution in [2.45, 2.75) is 17.5 Å². The summed E-state index contributed by atoms with van der Waals surface area (Å²) in [7, 11) is -3.43. The number of amides is 1. The fourth-order valence-electron chi connectivity index (χ4n) is 3.05. The molecule has 2 aromatic rings. The zero-order chi connectivity index (χ0) is 20.0. The molecule has 0 aromatic carbocycles. The van der Waals surface area contributed by atoms with Crippen LogP contribution in [0, 0.1) is 0 Å². The van der Waals surface area contributed by atoms with Gasteiger partial charge in [0.25, 0.3) is 5.91 Å². The van der Waals surface area contributed by atoms with Gasteiger partial charge in [-0.1, -0.05) is 0 Å². The minimum atomic E-state index is -3.43. The molecule has 0 aliphatic carbocycles. The van der Waals surface area contributed by atoms with Crippen LogP contribution in [0.15, 0.2) is 47.9 Å². The number of carbonyl (C=O) groups excluding carboxylic acids is 1. The first kappa shape index (κ1) is 20.4. The van der Waals surface area contributed by atoms with Gasteiger partial charge in [0.15, 0.2) is 14.9 Å². The van der Waals surface area contributed by atoms with Crippen molar-refractivity contribution in [2.24, 2.45) is 0 Å². The summed E-state index contributed by atoms with van der Waals surface area (Å²) in [6.07, 6.45) is 6.35. The molecule has 3 rings (SSSR count). The van der Waals surface area contributed by atoms with Crippen LogP contribution in [0.5, 0.6) is 0 Å². The van der Waals surface area contributed by atoms with E-state index in [4.69, 9.17) is 4.74 Å². The van der Waals surface area contributed by atoms with E-state index in [-0.39, 0.29) is 17.0 Å². The molecule has 1 N–H and O–H groups in total. The molecule has 2 aromatic heterocycles. The predicted molar refractivity (Wildman–Crippen MR) is 104 cm³/mol. The lowest BCUT2D eigenvalue weighted by Gasteiger charge is -2.29. The van der Waals surface area contributed by atoms with Crippen LogP contribution in [-0.2, 0) is 14.6 Å². The van der Waals surface area contributed by atoms with Crippen LogP contribution < -0.4 is 5.32 Å². The lowest BCUT2D eigenvalue weighted by molar-refractivity contribution is 0.0360. The second kappa shape index (κ2) is 9.22. The van der Waals surface area contributed by atoms with Crippen molar-refractivity contribution < 1.29 is 17.9 Å². The first-order valence-electron chi connectivity index (χ1n) is 9.10. The number of rotatable bonds is 7. The van der Waals surface area contributed by atoms with Crippen molar-refractivity contribution in [3.63, 3.8) is 0 Å². The van der Waals surface area contributed by atoms with Crippen LogP contribution in [0.1, 0.15) is 28.4 Å². The highest BCUT2D eigenvalue weighted by Gasteiger charge is 2.20. The fraction of sp³-hybridized carbons (Fsp3) is 0.421. The Balaban J connectivity index is 1.80. The minimum Gasteiger partial charge on any atom is -0.379 e.